The molecule has 9 heteroatoms. The number of ether oxygens (including phenoxy) is 2. The molecule has 5 rings (SSSR count). The standard InChI is InChI=1S/C25H24N6O3/c1-4-21(32)30-12-16-7-5-6-8-17(16)18(13-30)31-25-22(24(26)27-14-28-25)23(29-31)15-9-10-19(33-2)20(11-15)34-3/h4-11,14,18H,1,12-13H2,2-3H3,(H2,26,27,28). The van der Waals surface area contributed by atoms with E-state index in [0.29, 0.717) is 47.1 Å². The second kappa shape index (κ2) is 8.51. The van der Waals surface area contributed by atoms with Crippen LogP contribution in [0, 0.1) is 0 Å². The van der Waals surface area contributed by atoms with Crippen molar-refractivity contribution in [1.82, 2.24) is 24.6 Å². The van der Waals surface area contributed by atoms with Crippen molar-refractivity contribution >= 4 is 22.8 Å². The molecule has 0 fully saturated rings. The van der Waals surface area contributed by atoms with Gasteiger partial charge in [0.2, 0.25) is 5.91 Å². The molecule has 4 aromatic rings. The highest BCUT2D eigenvalue weighted by Gasteiger charge is 2.31. The number of benzene rings is 2. The molecule has 0 saturated heterocycles. The number of nitrogens with two attached hydrogens (primary N) is 1. The number of aromatic nitrogens is 4. The molecule has 2 aromatic carbocycles. The van der Waals surface area contributed by atoms with Gasteiger partial charge >= 0.3 is 0 Å². The lowest BCUT2D eigenvalue weighted by atomic mass is 9.95. The van der Waals surface area contributed by atoms with E-state index >= 15 is 0 Å². The first-order valence-electron chi connectivity index (χ1n) is 10.8. The van der Waals surface area contributed by atoms with Gasteiger partial charge < -0.3 is 20.1 Å². The fourth-order valence-corrected chi connectivity index (χ4v) is 4.48. The molecule has 0 saturated carbocycles. The summed E-state index contributed by atoms with van der Waals surface area (Å²) >= 11 is 0. The van der Waals surface area contributed by atoms with Crippen LogP contribution < -0.4 is 15.2 Å². The molecule has 1 aliphatic rings. The minimum absolute atomic E-state index is 0.134. The van der Waals surface area contributed by atoms with Crippen molar-refractivity contribution in [3.63, 3.8) is 0 Å². The number of carbonyl (C=O) groups is 1. The smallest absolute Gasteiger partial charge is 0.246 e. The van der Waals surface area contributed by atoms with Crippen LogP contribution in [0.1, 0.15) is 17.2 Å². The van der Waals surface area contributed by atoms with E-state index in [0.717, 1.165) is 16.7 Å². The zero-order valence-corrected chi connectivity index (χ0v) is 18.9. The topological polar surface area (TPSA) is 108 Å². The Morgan fingerprint density at radius 2 is 1.94 bits per heavy atom. The van der Waals surface area contributed by atoms with E-state index < -0.39 is 0 Å². The Bertz CT molecular complexity index is 1410. The van der Waals surface area contributed by atoms with Crippen molar-refractivity contribution in [3.05, 3.63) is 72.6 Å². The summed E-state index contributed by atoms with van der Waals surface area (Å²) in [6.07, 6.45) is 2.76. The van der Waals surface area contributed by atoms with Gasteiger partial charge in [-0.2, -0.15) is 5.10 Å². The monoisotopic (exact) mass is 456 g/mol. The Hall–Kier alpha value is -4.40. The van der Waals surface area contributed by atoms with Crippen molar-refractivity contribution < 1.29 is 14.3 Å². The lowest BCUT2D eigenvalue weighted by Crippen LogP contribution is -2.39. The lowest BCUT2D eigenvalue weighted by Gasteiger charge is -2.34. The summed E-state index contributed by atoms with van der Waals surface area (Å²) in [4.78, 5) is 23.0. The van der Waals surface area contributed by atoms with E-state index in [-0.39, 0.29) is 11.9 Å². The summed E-state index contributed by atoms with van der Waals surface area (Å²) in [6.45, 7) is 4.59. The van der Waals surface area contributed by atoms with Crippen LogP contribution >= 0.6 is 0 Å². The number of carbonyl (C=O) groups excluding carboxylic acids is 1. The summed E-state index contributed by atoms with van der Waals surface area (Å²) in [6, 6.07) is 13.3. The average molecular weight is 457 g/mol. The van der Waals surface area contributed by atoms with Crippen LogP contribution in [0.5, 0.6) is 11.5 Å². The molecular weight excluding hydrogens is 432 g/mol. The highest BCUT2D eigenvalue weighted by Crippen LogP contribution is 2.38. The van der Waals surface area contributed by atoms with Gasteiger partial charge in [0.05, 0.1) is 25.6 Å². The second-order valence-electron chi connectivity index (χ2n) is 7.96. The summed E-state index contributed by atoms with van der Waals surface area (Å²) in [5, 5.41) is 5.61. The molecule has 172 valence electrons. The maximum Gasteiger partial charge on any atom is 0.246 e. The van der Waals surface area contributed by atoms with Crippen LogP contribution in [-0.2, 0) is 11.3 Å². The number of amides is 1. The third-order valence-electron chi connectivity index (χ3n) is 6.13. The average Bonchev–Trinajstić information content (AvgIpc) is 3.28. The third-order valence-corrected chi connectivity index (χ3v) is 6.13. The lowest BCUT2D eigenvalue weighted by molar-refractivity contribution is -0.127. The van der Waals surface area contributed by atoms with Crippen molar-refractivity contribution in [2.24, 2.45) is 0 Å². The minimum Gasteiger partial charge on any atom is -0.493 e. The number of anilines is 1. The first-order valence-corrected chi connectivity index (χ1v) is 10.8. The van der Waals surface area contributed by atoms with Crippen molar-refractivity contribution in [2.75, 3.05) is 26.5 Å². The Morgan fingerprint density at radius 1 is 1.15 bits per heavy atom. The normalized spacial score (nSPS) is 15.1. The van der Waals surface area contributed by atoms with Gasteiger partial charge in [0.1, 0.15) is 17.8 Å². The molecule has 3 heterocycles. The number of nitrogens with zero attached hydrogens (tertiary/aromatic N) is 5. The predicted octanol–water partition coefficient (Wildman–Crippen LogP) is 3.21. The van der Waals surface area contributed by atoms with Crippen LogP contribution in [0.3, 0.4) is 0 Å². The maximum absolute atomic E-state index is 12.5. The maximum atomic E-state index is 12.5. The molecule has 9 nitrogen and oxygen atoms in total. The zero-order valence-electron chi connectivity index (χ0n) is 18.9. The molecule has 1 aliphatic heterocycles. The predicted molar refractivity (Wildman–Crippen MR) is 128 cm³/mol. The van der Waals surface area contributed by atoms with Gasteiger partial charge in [0.15, 0.2) is 17.1 Å². The number of rotatable bonds is 5. The quantitative estimate of drug-likeness (QED) is 0.459. The van der Waals surface area contributed by atoms with Gasteiger partial charge in [-0.05, 0) is 35.4 Å². The minimum atomic E-state index is -0.264. The zero-order chi connectivity index (χ0) is 23.8. The van der Waals surface area contributed by atoms with Gasteiger partial charge in [0, 0.05) is 18.7 Å². The molecule has 0 aliphatic carbocycles. The van der Waals surface area contributed by atoms with Crippen LogP contribution in [0.25, 0.3) is 22.3 Å². The van der Waals surface area contributed by atoms with E-state index in [4.69, 9.17) is 20.3 Å². The van der Waals surface area contributed by atoms with Gasteiger partial charge in [0.25, 0.3) is 0 Å². The van der Waals surface area contributed by atoms with Gasteiger partial charge in [-0.15, -0.1) is 0 Å². The molecule has 0 radical (unpaired) electrons. The van der Waals surface area contributed by atoms with Crippen molar-refractivity contribution in [2.45, 2.75) is 12.6 Å². The Morgan fingerprint density at radius 3 is 2.71 bits per heavy atom. The number of hydrogen-bond acceptors (Lipinski definition) is 7. The fraction of sp³-hybridized carbons (Fsp3) is 0.200. The van der Waals surface area contributed by atoms with E-state index in [1.807, 2.05) is 41.1 Å². The molecule has 2 aromatic heterocycles. The summed E-state index contributed by atoms with van der Waals surface area (Å²) in [5.74, 6) is 1.37. The highest BCUT2D eigenvalue weighted by atomic mass is 16.5. The van der Waals surface area contributed by atoms with Crippen molar-refractivity contribution in [3.8, 4) is 22.8 Å². The van der Waals surface area contributed by atoms with Gasteiger partial charge in [-0.1, -0.05) is 30.8 Å². The van der Waals surface area contributed by atoms with E-state index in [9.17, 15) is 4.79 Å². The summed E-state index contributed by atoms with van der Waals surface area (Å²) in [5.41, 5.74) is 10.4. The number of nitrogen functional groups attached to an aromatic ring is 1. The first kappa shape index (κ1) is 21.4. The Labute approximate surface area is 196 Å². The first-order chi connectivity index (χ1) is 16.5. The molecule has 34 heavy (non-hydrogen) atoms. The number of fused-ring (bicyclic) bond motifs is 2. The number of hydrogen-bond donors (Lipinski definition) is 1. The van der Waals surface area contributed by atoms with E-state index in [2.05, 4.69) is 22.6 Å². The van der Waals surface area contributed by atoms with Crippen LogP contribution in [0.4, 0.5) is 5.82 Å². The van der Waals surface area contributed by atoms with Crippen LogP contribution in [-0.4, -0.2) is 51.3 Å². The largest absolute Gasteiger partial charge is 0.493 e. The second-order valence-corrected chi connectivity index (χ2v) is 7.96. The molecule has 1 atom stereocenters. The van der Waals surface area contributed by atoms with Crippen LogP contribution in [0.2, 0.25) is 0 Å². The Balaban J connectivity index is 1.72. The molecule has 1 amide bonds. The van der Waals surface area contributed by atoms with Gasteiger partial charge in [-0.25, -0.2) is 14.6 Å². The molecule has 0 spiro atoms. The molecule has 2 N–H and O–H groups in total. The van der Waals surface area contributed by atoms with Crippen molar-refractivity contribution in [1.29, 1.82) is 0 Å². The number of methoxy groups -OCH3 is 2. The summed E-state index contributed by atoms with van der Waals surface area (Å²) < 4.78 is 12.7. The highest BCUT2D eigenvalue weighted by molar-refractivity contribution is 5.98. The SMILES string of the molecule is C=CC(=O)N1Cc2ccccc2C(n2nc(-c3ccc(OC)c(OC)c3)c3c(N)ncnc32)C1. The summed E-state index contributed by atoms with van der Waals surface area (Å²) in [7, 11) is 3.17. The molecule has 1 unspecified atom stereocenters. The molecular formula is C25H24N6O3. The van der Waals surface area contributed by atoms with E-state index in [1.54, 1.807) is 19.1 Å². The molecule has 0 bridgehead atoms. The fourth-order valence-electron chi connectivity index (χ4n) is 4.48. The van der Waals surface area contributed by atoms with E-state index in [1.165, 1.54) is 12.4 Å². The van der Waals surface area contributed by atoms with Crippen LogP contribution in [0.15, 0.2) is 61.4 Å². The third kappa shape index (κ3) is 3.42. The van der Waals surface area contributed by atoms with Gasteiger partial charge in [-0.3, -0.25) is 4.79 Å². The Kier molecular flexibility index (Phi) is 5.37.